The van der Waals surface area contributed by atoms with Gasteiger partial charge in [0.15, 0.2) is 0 Å². The Bertz CT molecular complexity index is 876. The highest BCUT2D eigenvalue weighted by Crippen LogP contribution is 2.27. The maximum atomic E-state index is 14.1. The number of rotatable bonds is 2. The van der Waals surface area contributed by atoms with Crippen molar-refractivity contribution < 1.29 is 23.5 Å². The van der Waals surface area contributed by atoms with Gasteiger partial charge in [-0.15, -0.1) is 0 Å². The second-order valence-corrected chi connectivity index (χ2v) is 7.05. The van der Waals surface area contributed by atoms with Crippen LogP contribution in [-0.2, 0) is 14.3 Å². The highest BCUT2D eigenvalue weighted by molar-refractivity contribution is 5.95. The minimum atomic E-state index is -0.860. The van der Waals surface area contributed by atoms with Crippen LogP contribution in [0, 0.1) is 5.82 Å². The lowest BCUT2D eigenvalue weighted by Gasteiger charge is -2.43. The lowest BCUT2D eigenvalue weighted by molar-refractivity contribution is -0.128. The van der Waals surface area contributed by atoms with E-state index in [9.17, 15) is 14.0 Å². The molecule has 2 aromatic rings. The summed E-state index contributed by atoms with van der Waals surface area (Å²) in [6.45, 7) is 1.26. The van der Waals surface area contributed by atoms with E-state index in [-0.39, 0.29) is 43.7 Å². The first-order valence-electron chi connectivity index (χ1n) is 9.19. The number of halogens is 1. The first kappa shape index (κ1) is 18.6. The molecule has 2 fully saturated rings. The van der Waals surface area contributed by atoms with Gasteiger partial charge in [-0.3, -0.25) is 9.59 Å². The van der Waals surface area contributed by atoms with E-state index in [0.717, 1.165) is 5.69 Å². The molecule has 2 aliphatic heterocycles. The van der Waals surface area contributed by atoms with Crippen LogP contribution in [0.3, 0.4) is 0 Å². The summed E-state index contributed by atoms with van der Waals surface area (Å²) in [7, 11) is 0. The van der Waals surface area contributed by atoms with Crippen molar-refractivity contribution in [2.75, 3.05) is 44.4 Å². The predicted octanol–water partition coefficient (Wildman–Crippen LogP) is 2.10. The lowest BCUT2D eigenvalue weighted by atomic mass is 10.0. The van der Waals surface area contributed by atoms with Gasteiger partial charge in [-0.05, 0) is 24.3 Å². The second kappa shape index (κ2) is 7.69. The van der Waals surface area contributed by atoms with E-state index >= 15 is 0 Å². The van der Waals surface area contributed by atoms with E-state index in [0.29, 0.717) is 13.2 Å². The number of nitrogens with zero attached hydrogens (tertiary/aromatic N) is 2. The molecule has 2 aliphatic rings. The Morgan fingerprint density at radius 3 is 2.57 bits per heavy atom. The zero-order valence-electron chi connectivity index (χ0n) is 15.3. The molecule has 1 unspecified atom stereocenters. The highest BCUT2D eigenvalue weighted by Gasteiger charge is 2.43. The van der Waals surface area contributed by atoms with Crippen LogP contribution in [0.4, 0.5) is 10.1 Å². The molecular formula is C21H21FN2O4. The Balaban J connectivity index is 1.59. The Kier molecular flexibility index (Phi) is 5.11. The number of carbonyl (C=O) groups excluding carboxylic acids is 2. The molecule has 6 nitrogen and oxygen atoms in total. The largest absolute Gasteiger partial charge is 0.368 e. The van der Waals surface area contributed by atoms with Crippen molar-refractivity contribution in [1.82, 2.24) is 4.90 Å². The third kappa shape index (κ3) is 3.63. The number of hydrogen-bond acceptors (Lipinski definition) is 4. The summed E-state index contributed by atoms with van der Waals surface area (Å²) in [5, 5.41) is 0. The molecule has 0 N–H and O–H groups in total. The van der Waals surface area contributed by atoms with Gasteiger partial charge in [0.25, 0.3) is 11.8 Å². The van der Waals surface area contributed by atoms with Gasteiger partial charge in [-0.1, -0.05) is 30.3 Å². The monoisotopic (exact) mass is 384 g/mol. The summed E-state index contributed by atoms with van der Waals surface area (Å²) < 4.78 is 25.7. The molecule has 146 valence electrons. The lowest BCUT2D eigenvalue weighted by Crippen LogP contribution is -2.60. The van der Waals surface area contributed by atoms with Crippen molar-refractivity contribution in [3.63, 3.8) is 0 Å². The van der Waals surface area contributed by atoms with Crippen LogP contribution in [0.1, 0.15) is 10.4 Å². The summed E-state index contributed by atoms with van der Waals surface area (Å²) in [5.74, 6) is -1.10. The van der Waals surface area contributed by atoms with Crippen molar-refractivity contribution in [1.29, 1.82) is 0 Å². The van der Waals surface area contributed by atoms with Crippen molar-refractivity contribution in [2.45, 2.75) is 5.60 Å². The fourth-order valence-corrected chi connectivity index (χ4v) is 3.67. The molecule has 4 rings (SSSR count). The molecule has 2 saturated heterocycles. The molecule has 0 aromatic heterocycles. The van der Waals surface area contributed by atoms with Crippen molar-refractivity contribution in [2.24, 2.45) is 0 Å². The number of hydrogen-bond donors (Lipinski definition) is 0. The second-order valence-electron chi connectivity index (χ2n) is 7.05. The van der Waals surface area contributed by atoms with Crippen LogP contribution in [0.15, 0.2) is 54.6 Å². The summed E-state index contributed by atoms with van der Waals surface area (Å²) in [5.41, 5.74) is -0.0788. The highest BCUT2D eigenvalue weighted by atomic mass is 19.1. The van der Waals surface area contributed by atoms with E-state index in [1.165, 1.54) is 12.1 Å². The van der Waals surface area contributed by atoms with Gasteiger partial charge < -0.3 is 19.3 Å². The topological polar surface area (TPSA) is 59.1 Å². The third-order valence-corrected chi connectivity index (χ3v) is 5.05. The number of amides is 2. The Morgan fingerprint density at radius 2 is 1.79 bits per heavy atom. The van der Waals surface area contributed by atoms with Crippen molar-refractivity contribution in [3.8, 4) is 0 Å². The van der Waals surface area contributed by atoms with E-state index in [1.54, 1.807) is 21.9 Å². The predicted molar refractivity (Wildman–Crippen MR) is 101 cm³/mol. The normalized spacial score (nSPS) is 23.0. The third-order valence-electron chi connectivity index (χ3n) is 5.05. The van der Waals surface area contributed by atoms with Gasteiger partial charge in [0.1, 0.15) is 18.0 Å². The van der Waals surface area contributed by atoms with Crippen molar-refractivity contribution >= 4 is 17.5 Å². The number of ether oxygens (including phenoxy) is 2. The fraction of sp³-hybridized carbons (Fsp3) is 0.333. The number of carbonyl (C=O) groups is 2. The van der Waals surface area contributed by atoms with E-state index in [1.807, 2.05) is 30.3 Å². The van der Waals surface area contributed by atoms with Crippen LogP contribution in [-0.4, -0.2) is 61.8 Å². The van der Waals surface area contributed by atoms with Crippen molar-refractivity contribution in [3.05, 3.63) is 66.0 Å². The Labute approximate surface area is 162 Å². The SMILES string of the molecule is O=C(c1ccccc1F)N1CCOC2(COCC(=O)N(c3ccccc3)C2)C1. The van der Waals surface area contributed by atoms with E-state index in [2.05, 4.69) is 0 Å². The average Bonchev–Trinajstić information content (AvgIpc) is 2.87. The van der Waals surface area contributed by atoms with Gasteiger partial charge >= 0.3 is 0 Å². The molecule has 1 spiro atoms. The number of benzene rings is 2. The summed E-state index contributed by atoms with van der Waals surface area (Å²) in [6, 6.07) is 15.2. The molecule has 0 saturated carbocycles. The molecule has 0 aliphatic carbocycles. The first-order chi connectivity index (χ1) is 13.6. The van der Waals surface area contributed by atoms with Gasteiger partial charge in [-0.25, -0.2) is 4.39 Å². The number of morpholine rings is 1. The first-order valence-corrected chi connectivity index (χ1v) is 9.19. The van der Waals surface area contributed by atoms with E-state index in [4.69, 9.17) is 9.47 Å². The van der Waals surface area contributed by atoms with Gasteiger partial charge in [-0.2, -0.15) is 0 Å². The number of para-hydroxylation sites is 1. The fourth-order valence-electron chi connectivity index (χ4n) is 3.67. The molecule has 0 radical (unpaired) electrons. The zero-order chi connectivity index (χ0) is 19.6. The Hall–Kier alpha value is -2.77. The molecule has 0 bridgehead atoms. The maximum Gasteiger partial charge on any atom is 0.257 e. The molecule has 2 amide bonds. The van der Waals surface area contributed by atoms with Crippen LogP contribution in [0.25, 0.3) is 0 Å². The summed E-state index contributed by atoms with van der Waals surface area (Å²) >= 11 is 0. The minimum Gasteiger partial charge on any atom is -0.368 e. The van der Waals surface area contributed by atoms with Crippen LogP contribution in [0.2, 0.25) is 0 Å². The average molecular weight is 384 g/mol. The molecule has 2 aromatic carbocycles. The Morgan fingerprint density at radius 1 is 1.04 bits per heavy atom. The quantitative estimate of drug-likeness (QED) is 0.796. The standard InChI is InChI=1S/C21H21FN2O4/c22-18-9-5-4-8-17(18)20(26)23-10-11-28-21(13-23)14-24(19(25)12-27-15-21)16-6-2-1-3-7-16/h1-9H,10-15H2. The van der Waals surface area contributed by atoms with Gasteiger partial charge in [0, 0.05) is 12.2 Å². The van der Waals surface area contributed by atoms with Crippen LogP contribution in [0.5, 0.6) is 0 Å². The smallest absolute Gasteiger partial charge is 0.257 e. The van der Waals surface area contributed by atoms with Gasteiger partial charge in [0.05, 0.1) is 31.9 Å². The molecule has 1 atom stereocenters. The molecule has 2 heterocycles. The summed E-state index contributed by atoms with van der Waals surface area (Å²) in [4.78, 5) is 28.6. The minimum absolute atomic E-state index is 0.0325. The van der Waals surface area contributed by atoms with Crippen LogP contribution < -0.4 is 4.90 Å². The maximum absolute atomic E-state index is 14.1. The summed E-state index contributed by atoms with van der Waals surface area (Å²) in [6.07, 6.45) is 0. The number of anilines is 1. The molecule has 28 heavy (non-hydrogen) atoms. The van der Waals surface area contributed by atoms with Gasteiger partial charge in [0.2, 0.25) is 0 Å². The van der Waals surface area contributed by atoms with E-state index < -0.39 is 11.4 Å². The zero-order valence-corrected chi connectivity index (χ0v) is 15.3. The molecule has 7 heteroatoms. The van der Waals surface area contributed by atoms with Crippen LogP contribution >= 0.6 is 0 Å². The molecular weight excluding hydrogens is 363 g/mol.